The summed E-state index contributed by atoms with van der Waals surface area (Å²) in [6, 6.07) is 6.08. The molecule has 16 heavy (non-hydrogen) atoms. The van der Waals surface area contributed by atoms with Crippen molar-refractivity contribution in [3.63, 3.8) is 0 Å². The molecule has 1 aromatic heterocycles. The molecule has 1 heterocycles. The van der Waals surface area contributed by atoms with Crippen molar-refractivity contribution in [2.24, 2.45) is 0 Å². The van der Waals surface area contributed by atoms with Crippen molar-refractivity contribution in [3.05, 3.63) is 40.7 Å². The van der Waals surface area contributed by atoms with Crippen LogP contribution in [0.4, 0.5) is 12.9 Å². The van der Waals surface area contributed by atoms with Gasteiger partial charge in [0, 0.05) is 11.6 Å². The van der Waals surface area contributed by atoms with Gasteiger partial charge in [-0.1, -0.05) is 18.2 Å². The zero-order chi connectivity index (χ0) is 11.1. The van der Waals surface area contributed by atoms with Crippen LogP contribution >= 0.6 is 0 Å². The summed E-state index contributed by atoms with van der Waals surface area (Å²) in [7, 11) is 0. The third kappa shape index (κ3) is 2.98. The second-order valence-corrected chi connectivity index (χ2v) is 3.24. The molecule has 0 aliphatic rings. The monoisotopic (exact) mass is 251 g/mol. The fourth-order valence-corrected chi connectivity index (χ4v) is 1.37. The van der Waals surface area contributed by atoms with Crippen molar-refractivity contribution in [2.45, 2.75) is 0 Å². The number of hydrogen-bond acceptors (Lipinski definition) is 1. The molecule has 0 amide bonds. The Bertz CT molecular complexity index is 566. The number of benzene rings is 1. The average molecular weight is 251 g/mol. The molecule has 0 saturated heterocycles. The molecule has 2 nitrogen and oxygen atoms in total. The van der Waals surface area contributed by atoms with Gasteiger partial charge in [0.15, 0.2) is 0 Å². The average Bonchev–Trinajstić information content (AvgIpc) is 2.15. The summed E-state index contributed by atoms with van der Waals surface area (Å²) in [5.41, 5.74) is -0.905. The van der Waals surface area contributed by atoms with E-state index in [1.807, 2.05) is 0 Å². The van der Waals surface area contributed by atoms with Crippen molar-refractivity contribution in [1.29, 1.82) is 0 Å². The Balaban J connectivity index is 0.00000128. The zero-order valence-corrected chi connectivity index (χ0v) is 11.6. The molecule has 0 saturated carbocycles. The Morgan fingerprint density at radius 3 is 2.31 bits per heavy atom. The number of rotatable bonds is 1. The molecule has 0 radical (unpaired) electrons. The first kappa shape index (κ1) is 14.0. The van der Waals surface area contributed by atoms with Crippen molar-refractivity contribution in [1.82, 2.24) is 4.98 Å². The number of pyridine rings is 1. The first-order valence-electron chi connectivity index (χ1n) is 4.30. The van der Waals surface area contributed by atoms with Gasteiger partial charge in [-0.15, -0.1) is 5.46 Å². The maximum atomic E-state index is 12.4. The summed E-state index contributed by atoms with van der Waals surface area (Å²) < 4.78 is 37.2. The van der Waals surface area contributed by atoms with Crippen LogP contribution < -0.4 is 62.4 Å². The Kier molecular flexibility index (Phi) is 4.42. The summed E-state index contributed by atoms with van der Waals surface area (Å²) >= 11 is 0. The van der Waals surface area contributed by atoms with Gasteiger partial charge in [-0.25, -0.2) is 0 Å². The van der Waals surface area contributed by atoms with Crippen molar-refractivity contribution in [2.75, 3.05) is 0 Å². The zero-order valence-electron chi connectivity index (χ0n) is 8.51. The van der Waals surface area contributed by atoms with Crippen molar-refractivity contribution < 1.29 is 64.3 Å². The van der Waals surface area contributed by atoms with E-state index in [4.69, 9.17) is 0 Å². The molecule has 78 valence electrons. The van der Waals surface area contributed by atoms with E-state index in [9.17, 15) is 17.7 Å². The van der Waals surface area contributed by atoms with E-state index in [0.717, 1.165) is 12.1 Å². The van der Waals surface area contributed by atoms with Crippen LogP contribution in [-0.2, 0) is 0 Å². The van der Waals surface area contributed by atoms with Gasteiger partial charge in [-0.2, -0.15) is 0 Å². The molecular weight excluding hydrogens is 245 g/mol. The Morgan fingerprint density at radius 2 is 1.69 bits per heavy atom. The van der Waals surface area contributed by atoms with Crippen LogP contribution in [0.2, 0.25) is 0 Å². The maximum Gasteiger partial charge on any atom is 1.00 e. The van der Waals surface area contributed by atoms with E-state index in [-0.39, 0.29) is 56.9 Å². The molecule has 0 aliphatic carbocycles. The second-order valence-electron chi connectivity index (χ2n) is 3.24. The Hall–Kier alpha value is -0.0787. The molecule has 0 atom stereocenters. The fourth-order valence-electron chi connectivity index (χ4n) is 1.37. The van der Waals surface area contributed by atoms with Gasteiger partial charge in [0.05, 0.1) is 0 Å². The largest absolute Gasteiger partial charge is 1.00 e. The molecule has 1 aromatic carbocycles. The first-order chi connectivity index (χ1) is 6.97. The number of H-pyrrole nitrogens is 1. The fraction of sp³-hybridized carbons (Fsp3) is 0. The van der Waals surface area contributed by atoms with E-state index < -0.39 is 18.0 Å². The predicted octanol–water partition coefficient (Wildman–Crippen LogP) is -1.41. The molecule has 2 rings (SSSR count). The smallest absolute Gasteiger partial charge is 0.445 e. The number of halogens is 3. The van der Waals surface area contributed by atoms with E-state index in [0.29, 0.717) is 5.39 Å². The van der Waals surface area contributed by atoms with E-state index in [1.54, 1.807) is 0 Å². The minimum Gasteiger partial charge on any atom is -0.445 e. The molecule has 2 aromatic rings. The van der Waals surface area contributed by atoms with Crippen LogP contribution in [-0.4, -0.2) is 12.0 Å². The van der Waals surface area contributed by atoms with Gasteiger partial charge in [-0.3, -0.25) is 4.79 Å². The molecule has 1 N–H and O–H groups in total. The second kappa shape index (κ2) is 5.05. The van der Waals surface area contributed by atoms with E-state index in [2.05, 4.69) is 4.98 Å². The number of nitrogens with one attached hydrogen (secondary N) is 1. The Morgan fingerprint density at radius 1 is 1.06 bits per heavy atom. The summed E-state index contributed by atoms with van der Waals surface area (Å²) in [5, 5.41) is 0.582. The normalized spacial score (nSPS) is 11.2. The predicted molar refractivity (Wildman–Crippen MR) is 53.3 cm³/mol. The topological polar surface area (TPSA) is 32.9 Å². The van der Waals surface area contributed by atoms with Crippen LogP contribution in [0.1, 0.15) is 0 Å². The third-order valence-corrected chi connectivity index (χ3v) is 2.13. The molecule has 0 spiro atoms. The first-order valence-corrected chi connectivity index (χ1v) is 4.30. The summed E-state index contributed by atoms with van der Waals surface area (Å²) in [6.45, 7) is -5.02. The number of aromatic nitrogens is 1. The Labute approximate surface area is 132 Å². The van der Waals surface area contributed by atoms with Gasteiger partial charge in [0.1, 0.15) is 0 Å². The SMILES string of the molecule is O=c1ccc2ccc([B-](F)(F)F)cc2[nH]1.[K+]. The van der Waals surface area contributed by atoms with Gasteiger partial charge in [-0.05, 0) is 11.5 Å². The van der Waals surface area contributed by atoms with Crippen LogP contribution in [0, 0.1) is 0 Å². The summed E-state index contributed by atoms with van der Waals surface area (Å²) in [5.74, 6) is 0. The van der Waals surface area contributed by atoms with Gasteiger partial charge in [0.2, 0.25) is 5.56 Å². The van der Waals surface area contributed by atoms with Crippen LogP contribution in [0.5, 0.6) is 0 Å². The van der Waals surface area contributed by atoms with Crippen LogP contribution in [0.3, 0.4) is 0 Å². The van der Waals surface area contributed by atoms with E-state index in [1.165, 1.54) is 18.2 Å². The van der Waals surface area contributed by atoms with Gasteiger partial charge < -0.3 is 17.9 Å². The van der Waals surface area contributed by atoms with Crippen LogP contribution in [0.15, 0.2) is 35.1 Å². The minimum atomic E-state index is -5.02. The summed E-state index contributed by atoms with van der Waals surface area (Å²) in [6.07, 6.45) is 0. The minimum absolute atomic E-state index is 0. The molecule has 0 aliphatic heterocycles. The molecule has 0 bridgehead atoms. The van der Waals surface area contributed by atoms with Crippen molar-refractivity contribution >= 4 is 23.3 Å². The van der Waals surface area contributed by atoms with Gasteiger partial charge in [0.25, 0.3) is 0 Å². The molecule has 7 heteroatoms. The third-order valence-electron chi connectivity index (χ3n) is 2.13. The number of aromatic amines is 1. The maximum absolute atomic E-state index is 12.4. The van der Waals surface area contributed by atoms with Gasteiger partial charge >= 0.3 is 58.4 Å². The van der Waals surface area contributed by atoms with Crippen LogP contribution in [0.25, 0.3) is 10.9 Å². The van der Waals surface area contributed by atoms with E-state index >= 15 is 0 Å². The standard InChI is InChI=1S/C9H6BF3NO.K/c11-10(12,13)7-3-1-6-2-4-9(15)14-8(6)5-7;/h1-5H,(H,14,15);/q-1;+1. The number of hydrogen-bond donors (Lipinski definition) is 1. The number of fused-ring (bicyclic) bond motifs is 1. The van der Waals surface area contributed by atoms with Crippen molar-refractivity contribution in [3.8, 4) is 0 Å². The molecule has 0 unspecified atom stereocenters. The molecular formula is C9H6BF3KNO. The molecule has 0 fully saturated rings. The quantitative estimate of drug-likeness (QED) is 0.620. The summed E-state index contributed by atoms with van der Waals surface area (Å²) in [4.78, 5) is 13.3.